The lowest BCUT2D eigenvalue weighted by atomic mass is 10.00. The van der Waals surface area contributed by atoms with Gasteiger partial charge in [0.2, 0.25) is 5.91 Å². The zero-order valence-electron chi connectivity index (χ0n) is 15.5. The minimum Gasteiger partial charge on any atom is -0.388 e. The Morgan fingerprint density at radius 2 is 1.83 bits per heavy atom. The third kappa shape index (κ3) is 5.79. The number of carbonyl (C=O) groups excluding carboxylic acids is 2. The van der Waals surface area contributed by atoms with Crippen LogP contribution in [-0.2, 0) is 19.1 Å². The zero-order chi connectivity index (χ0) is 18.1. The molecule has 0 saturated carbocycles. The van der Waals surface area contributed by atoms with E-state index in [1.807, 2.05) is 27.7 Å². The van der Waals surface area contributed by atoms with Gasteiger partial charge in [0.1, 0.15) is 0 Å². The van der Waals surface area contributed by atoms with Gasteiger partial charge in [-0.1, -0.05) is 13.8 Å². The number of nitrogens with zero attached hydrogens (tertiary/aromatic N) is 1. The Labute approximate surface area is 144 Å². The maximum absolute atomic E-state index is 12.5. The molecule has 1 atom stereocenters. The summed E-state index contributed by atoms with van der Waals surface area (Å²) in [6.45, 7) is 10.9. The van der Waals surface area contributed by atoms with Gasteiger partial charge in [-0.15, -0.1) is 0 Å². The number of allylic oxidation sites excluding steroid dienone is 1. The minimum absolute atomic E-state index is 0.0833. The number of hydrogen-bond donors (Lipinski definition) is 2. The first kappa shape index (κ1) is 20.4. The first-order valence-corrected chi connectivity index (χ1v) is 8.54. The van der Waals surface area contributed by atoms with E-state index in [0.717, 1.165) is 12.2 Å². The number of rotatable bonds is 8. The highest BCUT2D eigenvalue weighted by molar-refractivity contribution is 5.95. The number of morpholine rings is 1. The summed E-state index contributed by atoms with van der Waals surface area (Å²) in [6, 6.07) is 0. The van der Waals surface area contributed by atoms with Crippen LogP contribution in [0.2, 0.25) is 0 Å². The summed E-state index contributed by atoms with van der Waals surface area (Å²) in [5.74, 6) is -0.195. The molecule has 1 fully saturated rings. The summed E-state index contributed by atoms with van der Waals surface area (Å²) in [7, 11) is 1.48. The lowest BCUT2D eigenvalue weighted by Gasteiger charge is -2.30. The molecule has 1 aliphatic heterocycles. The van der Waals surface area contributed by atoms with Crippen LogP contribution < -0.4 is 10.6 Å². The van der Waals surface area contributed by atoms with E-state index in [0.29, 0.717) is 31.9 Å². The van der Waals surface area contributed by atoms with Crippen LogP contribution in [0.15, 0.2) is 11.3 Å². The van der Waals surface area contributed by atoms with Gasteiger partial charge in [-0.05, 0) is 19.8 Å². The monoisotopic (exact) mass is 341 g/mol. The van der Waals surface area contributed by atoms with E-state index >= 15 is 0 Å². The van der Waals surface area contributed by atoms with Crippen molar-refractivity contribution in [3.63, 3.8) is 0 Å². The Kier molecular flexibility index (Phi) is 8.78. The second-order valence-electron chi connectivity index (χ2n) is 6.10. The third-order valence-electron chi connectivity index (χ3n) is 4.00. The fourth-order valence-corrected chi connectivity index (χ4v) is 2.77. The van der Waals surface area contributed by atoms with E-state index < -0.39 is 6.10 Å². The molecule has 1 rings (SSSR count). The smallest absolute Gasteiger partial charge is 0.253 e. The van der Waals surface area contributed by atoms with E-state index in [1.54, 1.807) is 4.90 Å². The van der Waals surface area contributed by atoms with Gasteiger partial charge < -0.3 is 25.0 Å². The van der Waals surface area contributed by atoms with Gasteiger partial charge in [-0.25, -0.2) is 0 Å². The molecule has 2 N–H and O–H groups in total. The van der Waals surface area contributed by atoms with Crippen LogP contribution in [0.3, 0.4) is 0 Å². The molecule has 1 saturated heterocycles. The molecule has 1 unspecified atom stereocenters. The average molecular weight is 341 g/mol. The molecule has 7 nitrogen and oxygen atoms in total. The van der Waals surface area contributed by atoms with Crippen molar-refractivity contribution in [1.29, 1.82) is 0 Å². The van der Waals surface area contributed by atoms with E-state index in [1.165, 1.54) is 7.11 Å². The fourth-order valence-electron chi connectivity index (χ4n) is 2.77. The van der Waals surface area contributed by atoms with Crippen molar-refractivity contribution in [3.8, 4) is 0 Å². The van der Waals surface area contributed by atoms with Gasteiger partial charge in [0.15, 0.2) is 6.10 Å². The Balaban J connectivity index is 2.67. The van der Waals surface area contributed by atoms with Crippen molar-refractivity contribution in [1.82, 2.24) is 15.5 Å². The van der Waals surface area contributed by atoms with Crippen molar-refractivity contribution in [2.45, 2.75) is 33.8 Å². The molecule has 0 aromatic carbocycles. The quantitative estimate of drug-likeness (QED) is 0.629. The molecule has 0 radical (unpaired) electrons. The van der Waals surface area contributed by atoms with Crippen LogP contribution in [0, 0.1) is 5.92 Å². The Morgan fingerprint density at radius 3 is 2.33 bits per heavy atom. The standard InChI is InChI=1S/C17H31N3O4/c1-6-18-13(4)15(12(2)3)16(21)19-11-14(23-5)17(22)20-7-9-24-10-8-20/h12,14,18H,6-11H2,1-5H3,(H,19,21)/b15-13+. The molecule has 24 heavy (non-hydrogen) atoms. The number of ether oxygens (including phenoxy) is 2. The van der Waals surface area contributed by atoms with Crippen LogP contribution in [0.25, 0.3) is 0 Å². The second-order valence-corrected chi connectivity index (χ2v) is 6.10. The van der Waals surface area contributed by atoms with Crippen molar-refractivity contribution in [3.05, 3.63) is 11.3 Å². The molecule has 0 spiro atoms. The molecule has 0 aromatic heterocycles. The van der Waals surface area contributed by atoms with Gasteiger partial charge in [0.25, 0.3) is 5.91 Å². The average Bonchev–Trinajstić information content (AvgIpc) is 2.56. The topological polar surface area (TPSA) is 79.9 Å². The largest absolute Gasteiger partial charge is 0.388 e. The van der Waals surface area contributed by atoms with E-state index in [4.69, 9.17) is 9.47 Å². The van der Waals surface area contributed by atoms with Crippen molar-refractivity contribution in [2.75, 3.05) is 46.5 Å². The predicted molar refractivity (Wildman–Crippen MR) is 92.4 cm³/mol. The minimum atomic E-state index is -0.681. The van der Waals surface area contributed by atoms with E-state index in [2.05, 4.69) is 10.6 Å². The Morgan fingerprint density at radius 1 is 1.21 bits per heavy atom. The molecule has 2 amide bonds. The molecule has 1 heterocycles. The lowest BCUT2D eigenvalue weighted by molar-refractivity contribution is -0.146. The Hall–Kier alpha value is -1.60. The van der Waals surface area contributed by atoms with Crippen molar-refractivity contribution >= 4 is 11.8 Å². The van der Waals surface area contributed by atoms with Crippen molar-refractivity contribution in [2.24, 2.45) is 5.92 Å². The lowest BCUT2D eigenvalue weighted by Crippen LogP contribution is -2.50. The highest BCUT2D eigenvalue weighted by Crippen LogP contribution is 2.13. The van der Waals surface area contributed by atoms with Crippen LogP contribution in [0.5, 0.6) is 0 Å². The molecule has 0 aromatic rings. The molecular formula is C17H31N3O4. The third-order valence-corrected chi connectivity index (χ3v) is 4.00. The van der Waals surface area contributed by atoms with Gasteiger partial charge in [0.05, 0.1) is 19.8 Å². The molecule has 7 heteroatoms. The highest BCUT2D eigenvalue weighted by atomic mass is 16.5. The second kappa shape index (κ2) is 10.3. The number of methoxy groups -OCH3 is 1. The maximum atomic E-state index is 12.5. The summed E-state index contributed by atoms with van der Waals surface area (Å²) in [6.07, 6.45) is -0.681. The number of amides is 2. The number of hydrogen-bond acceptors (Lipinski definition) is 5. The summed E-state index contributed by atoms with van der Waals surface area (Å²) >= 11 is 0. The maximum Gasteiger partial charge on any atom is 0.253 e. The predicted octanol–water partition coefficient (Wildman–Crippen LogP) is 0.516. The SMILES string of the molecule is CCN/C(C)=C(/C(=O)NCC(OC)C(=O)N1CCOCC1)C(C)C. The summed E-state index contributed by atoms with van der Waals surface area (Å²) in [4.78, 5) is 26.7. The van der Waals surface area contributed by atoms with Crippen molar-refractivity contribution < 1.29 is 19.1 Å². The van der Waals surface area contributed by atoms with E-state index in [9.17, 15) is 9.59 Å². The summed E-state index contributed by atoms with van der Waals surface area (Å²) in [5, 5.41) is 6.02. The molecule has 0 bridgehead atoms. The van der Waals surface area contributed by atoms with Crippen LogP contribution in [0.1, 0.15) is 27.7 Å². The zero-order valence-corrected chi connectivity index (χ0v) is 15.5. The fraction of sp³-hybridized carbons (Fsp3) is 0.765. The van der Waals surface area contributed by atoms with Crippen LogP contribution in [-0.4, -0.2) is 69.3 Å². The number of carbonyl (C=O) groups is 2. The highest BCUT2D eigenvalue weighted by Gasteiger charge is 2.27. The van der Waals surface area contributed by atoms with Crippen LogP contribution >= 0.6 is 0 Å². The number of nitrogens with one attached hydrogen (secondary N) is 2. The van der Waals surface area contributed by atoms with Crippen LogP contribution in [0.4, 0.5) is 0 Å². The normalized spacial score (nSPS) is 17.3. The van der Waals surface area contributed by atoms with Gasteiger partial charge in [0, 0.05) is 38.0 Å². The van der Waals surface area contributed by atoms with Gasteiger partial charge in [-0.3, -0.25) is 9.59 Å². The van der Waals surface area contributed by atoms with Gasteiger partial charge >= 0.3 is 0 Å². The summed E-state index contributed by atoms with van der Waals surface area (Å²) in [5.41, 5.74) is 1.56. The van der Waals surface area contributed by atoms with Gasteiger partial charge in [-0.2, -0.15) is 0 Å². The molecular weight excluding hydrogens is 310 g/mol. The van der Waals surface area contributed by atoms with E-state index in [-0.39, 0.29) is 24.3 Å². The first-order valence-electron chi connectivity index (χ1n) is 8.54. The molecule has 1 aliphatic rings. The summed E-state index contributed by atoms with van der Waals surface area (Å²) < 4.78 is 10.5. The molecule has 0 aliphatic carbocycles. The molecule has 138 valence electrons. The first-order chi connectivity index (χ1) is 11.4. The Bertz CT molecular complexity index is 457.